The molecule has 1 saturated heterocycles. The molecular weight excluding hydrogens is 452 g/mol. The van der Waals surface area contributed by atoms with Gasteiger partial charge in [0, 0.05) is 18.5 Å². The van der Waals surface area contributed by atoms with Crippen LogP contribution in [0.5, 0.6) is 0 Å². The Morgan fingerprint density at radius 1 is 1.12 bits per heavy atom. The number of carboxylic acid groups (broad SMARTS) is 1. The van der Waals surface area contributed by atoms with E-state index in [9.17, 15) is 19.5 Å². The number of benzene rings is 2. The highest BCUT2D eigenvalue weighted by Gasteiger charge is 2.35. The second-order valence-corrected chi connectivity index (χ2v) is 9.72. The van der Waals surface area contributed by atoms with Crippen LogP contribution >= 0.6 is 11.8 Å². The second kappa shape index (κ2) is 11.0. The number of nitrogens with zero attached hydrogens (tertiary/aromatic N) is 1. The van der Waals surface area contributed by atoms with Crippen molar-refractivity contribution in [2.75, 3.05) is 25.2 Å². The van der Waals surface area contributed by atoms with Crippen molar-refractivity contribution in [2.24, 2.45) is 0 Å². The normalized spacial score (nSPS) is 17.7. The van der Waals surface area contributed by atoms with E-state index >= 15 is 0 Å². The number of thioether (sulfide) groups is 1. The fourth-order valence-electron chi connectivity index (χ4n) is 5.02. The van der Waals surface area contributed by atoms with Gasteiger partial charge in [-0.15, -0.1) is 0 Å². The van der Waals surface area contributed by atoms with Gasteiger partial charge in [0.05, 0.1) is 6.42 Å². The van der Waals surface area contributed by atoms with Gasteiger partial charge in [-0.1, -0.05) is 48.5 Å². The minimum atomic E-state index is -0.921. The molecule has 0 bridgehead atoms. The summed E-state index contributed by atoms with van der Waals surface area (Å²) in [4.78, 5) is 38.8. The van der Waals surface area contributed by atoms with Crippen molar-refractivity contribution in [3.8, 4) is 11.1 Å². The van der Waals surface area contributed by atoms with Crippen molar-refractivity contribution in [1.29, 1.82) is 0 Å². The van der Waals surface area contributed by atoms with Crippen LogP contribution in [-0.2, 0) is 14.3 Å². The Kier molecular flexibility index (Phi) is 7.77. The molecule has 2 atom stereocenters. The molecular formula is C26H30N2O5S. The summed E-state index contributed by atoms with van der Waals surface area (Å²) in [6.45, 7) is 0.688. The fourth-order valence-corrected chi connectivity index (χ4v) is 5.49. The monoisotopic (exact) mass is 482 g/mol. The lowest BCUT2D eigenvalue weighted by Crippen LogP contribution is -2.50. The molecule has 2 aromatic rings. The summed E-state index contributed by atoms with van der Waals surface area (Å²) in [5, 5.41) is 11.9. The summed E-state index contributed by atoms with van der Waals surface area (Å²) in [6, 6.07) is 15.2. The Morgan fingerprint density at radius 3 is 2.38 bits per heavy atom. The van der Waals surface area contributed by atoms with E-state index < -0.39 is 18.1 Å². The SMILES string of the molecule is CSCC[C@H](NC(=O)OCC1c2ccccc2-c2ccccc21)C(=O)N1CCCC1CC(=O)O. The van der Waals surface area contributed by atoms with Crippen LogP contribution in [-0.4, -0.2) is 65.2 Å². The van der Waals surface area contributed by atoms with Crippen molar-refractivity contribution in [3.63, 3.8) is 0 Å². The molecule has 0 radical (unpaired) electrons. The smallest absolute Gasteiger partial charge is 0.407 e. The standard InChI is InChI=1S/C26H30N2O5S/c1-34-14-12-23(25(31)28-13-6-7-17(28)15-24(29)30)27-26(32)33-16-22-20-10-4-2-8-18(20)19-9-3-5-11-21(19)22/h2-5,8-11,17,22-23H,6-7,12-16H2,1H3,(H,27,32)(H,29,30)/t17?,23-/m0/s1. The van der Waals surface area contributed by atoms with Gasteiger partial charge in [0.25, 0.3) is 0 Å². The van der Waals surface area contributed by atoms with Crippen LogP contribution in [0.3, 0.4) is 0 Å². The number of carbonyl (C=O) groups is 3. The van der Waals surface area contributed by atoms with Crippen LogP contribution in [0.25, 0.3) is 11.1 Å². The summed E-state index contributed by atoms with van der Waals surface area (Å²) >= 11 is 1.59. The van der Waals surface area contributed by atoms with Crippen LogP contribution in [0, 0.1) is 0 Å². The predicted octanol–water partition coefficient (Wildman–Crippen LogP) is 4.11. The molecule has 34 heavy (non-hydrogen) atoms. The molecule has 1 aliphatic carbocycles. The number of amides is 2. The van der Waals surface area contributed by atoms with Crippen LogP contribution in [0.15, 0.2) is 48.5 Å². The van der Waals surface area contributed by atoms with Crippen LogP contribution in [0.2, 0.25) is 0 Å². The summed E-state index contributed by atoms with van der Waals surface area (Å²) in [5.74, 6) is -0.518. The molecule has 0 spiro atoms. The van der Waals surface area contributed by atoms with Crippen LogP contribution in [0.4, 0.5) is 4.79 Å². The number of ether oxygens (including phenoxy) is 1. The van der Waals surface area contributed by atoms with Gasteiger partial charge in [-0.25, -0.2) is 4.79 Å². The lowest BCUT2D eigenvalue weighted by molar-refractivity contribution is -0.140. The number of carboxylic acids is 1. The number of alkyl carbamates (subject to hydrolysis) is 1. The van der Waals surface area contributed by atoms with Gasteiger partial charge in [0.1, 0.15) is 12.6 Å². The Labute approximate surface area is 203 Å². The van der Waals surface area contributed by atoms with E-state index in [4.69, 9.17) is 4.74 Å². The second-order valence-electron chi connectivity index (χ2n) is 8.73. The lowest BCUT2D eigenvalue weighted by Gasteiger charge is -2.28. The average Bonchev–Trinajstić information content (AvgIpc) is 3.42. The van der Waals surface area contributed by atoms with Gasteiger partial charge in [-0.05, 0) is 53.5 Å². The number of carbonyl (C=O) groups excluding carboxylic acids is 2. The molecule has 0 saturated carbocycles. The van der Waals surface area contributed by atoms with E-state index in [1.165, 1.54) is 0 Å². The predicted molar refractivity (Wildman–Crippen MR) is 132 cm³/mol. The molecule has 1 heterocycles. The number of hydrogen-bond acceptors (Lipinski definition) is 5. The average molecular weight is 483 g/mol. The molecule has 8 heteroatoms. The first kappa shape index (κ1) is 24.1. The van der Waals surface area contributed by atoms with E-state index in [1.807, 2.05) is 30.5 Å². The zero-order chi connectivity index (χ0) is 24.1. The molecule has 2 N–H and O–H groups in total. The van der Waals surface area contributed by atoms with Gasteiger partial charge >= 0.3 is 12.1 Å². The number of nitrogens with one attached hydrogen (secondary N) is 1. The van der Waals surface area contributed by atoms with E-state index in [2.05, 4.69) is 29.6 Å². The molecule has 4 rings (SSSR count). The number of aliphatic carboxylic acids is 1. The van der Waals surface area contributed by atoms with E-state index in [0.717, 1.165) is 28.7 Å². The molecule has 1 unspecified atom stereocenters. The van der Waals surface area contributed by atoms with E-state index in [0.29, 0.717) is 25.1 Å². The molecule has 1 aliphatic heterocycles. The molecule has 7 nitrogen and oxygen atoms in total. The molecule has 2 amide bonds. The van der Waals surface area contributed by atoms with Crippen molar-refractivity contribution in [1.82, 2.24) is 10.2 Å². The Morgan fingerprint density at radius 2 is 1.76 bits per heavy atom. The number of fused-ring (bicyclic) bond motifs is 3. The Balaban J connectivity index is 1.42. The van der Waals surface area contributed by atoms with Crippen molar-refractivity contribution >= 4 is 29.7 Å². The summed E-state index contributed by atoms with van der Waals surface area (Å²) in [6.07, 6.45) is 3.13. The first-order chi connectivity index (χ1) is 16.5. The third kappa shape index (κ3) is 5.22. The lowest BCUT2D eigenvalue weighted by atomic mass is 9.98. The molecule has 2 aliphatic rings. The van der Waals surface area contributed by atoms with Gasteiger partial charge in [0.2, 0.25) is 5.91 Å². The van der Waals surface area contributed by atoms with Crippen LogP contribution < -0.4 is 5.32 Å². The number of likely N-dealkylation sites (tertiary alicyclic amines) is 1. The minimum absolute atomic E-state index is 0.0583. The van der Waals surface area contributed by atoms with Gasteiger partial charge in [0.15, 0.2) is 0 Å². The Bertz CT molecular complexity index is 1010. The number of rotatable bonds is 9. The Hall–Kier alpha value is -3.00. The van der Waals surface area contributed by atoms with E-state index in [-0.39, 0.29) is 30.9 Å². The number of hydrogen-bond donors (Lipinski definition) is 2. The summed E-state index contributed by atoms with van der Waals surface area (Å²) in [7, 11) is 0. The highest BCUT2D eigenvalue weighted by molar-refractivity contribution is 7.98. The minimum Gasteiger partial charge on any atom is -0.481 e. The van der Waals surface area contributed by atoms with Crippen LogP contribution in [0.1, 0.15) is 42.7 Å². The van der Waals surface area contributed by atoms with Gasteiger partial charge in [-0.3, -0.25) is 9.59 Å². The van der Waals surface area contributed by atoms with Gasteiger partial charge in [-0.2, -0.15) is 11.8 Å². The third-order valence-electron chi connectivity index (χ3n) is 6.61. The van der Waals surface area contributed by atoms with Crippen molar-refractivity contribution < 1.29 is 24.2 Å². The highest BCUT2D eigenvalue weighted by atomic mass is 32.2. The zero-order valence-corrected chi connectivity index (χ0v) is 20.1. The molecule has 1 fully saturated rings. The quantitative estimate of drug-likeness (QED) is 0.558. The molecule has 2 aromatic carbocycles. The fraction of sp³-hybridized carbons (Fsp3) is 0.423. The third-order valence-corrected chi connectivity index (χ3v) is 7.26. The van der Waals surface area contributed by atoms with Gasteiger partial charge < -0.3 is 20.1 Å². The molecule has 0 aromatic heterocycles. The zero-order valence-electron chi connectivity index (χ0n) is 19.2. The summed E-state index contributed by atoms with van der Waals surface area (Å²) in [5.41, 5.74) is 4.55. The first-order valence-corrected chi connectivity index (χ1v) is 13.0. The maximum absolute atomic E-state index is 13.2. The maximum Gasteiger partial charge on any atom is 0.407 e. The maximum atomic E-state index is 13.2. The van der Waals surface area contributed by atoms with E-state index in [1.54, 1.807) is 16.7 Å². The van der Waals surface area contributed by atoms with Crippen molar-refractivity contribution in [3.05, 3.63) is 59.7 Å². The molecule has 180 valence electrons. The topological polar surface area (TPSA) is 95.9 Å². The summed E-state index contributed by atoms with van der Waals surface area (Å²) < 4.78 is 5.63. The van der Waals surface area contributed by atoms with Crippen molar-refractivity contribution in [2.45, 2.75) is 43.7 Å². The largest absolute Gasteiger partial charge is 0.481 e. The first-order valence-electron chi connectivity index (χ1n) is 11.6. The highest BCUT2D eigenvalue weighted by Crippen LogP contribution is 2.44.